The van der Waals surface area contributed by atoms with Crippen LogP contribution in [0.1, 0.15) is 27.8 Å². The molecule has 1 unspecified atom stereocenters. The van der Waals surface area contributed by atoms with Gasteiger partial charge in [0.1, 0.15) is 5.69 Å². The highest BCUT2D eigenvalue weighted by Crippen LogP contribution is 2.27. The molecule has 0 saturated heterocycles. The lowest BCUT2D eigenvalue weighted by molar-refractivity contribution is -0.137. The predicted octanol–water partition coefficient (Wildman–Crippen LogP) is 2.85. The highest BCUT2D eigenvalue weighted by atomic mass is 79.9. The maximum atomic E-state index is 12.0. The number of nitrogens with zero attached hydrogens (tertiary/aromatic N) is 1. The summed E-state index contributed by atoms with van der Waals surface area (Å²) in [5, 5.41) is 13.5. The summed E-state index contributed by atoms with van der Waals surface area (Å²) in [4.78, 5) is 27.7. The first-order valence-corrected chi connectivity index (χ1v) is 7.41. The van der Waals surface area contributed by atoms with Gasteiger partial charge in [-0.1, -0.05) is 6.07 Å². The van der Waals surface area contributed by atoms with Crippen LogP contribution in [-0.2, 0) is 4.79 Å². The summed E-state index contributed by atoms with van der Waals surface area (Å²) in [6.45, 7) is 0. The number of aliphatic carboxylic acids is 1. The molecule has 0 radical (unpaired) electrons. The van der Waals surface area contributed by atoms with Crippen molar-refractivity contribution < 1.29 is 14.7 Å². The summed E-state index contributed by atoms with van der Waals surface area (Å²) in [6, 6.07) is 6.23. The van der Waals surface area contributed by atoms with Gasteiger partial charge in [0.15, 0.2) is 0 Å². The molecule has 0 bridgehead atoms. The maximum Gasteiger partial charge on any atom is 0.305 e. The molecule has 0 fully saturated rings. The number of carbonyl (C=O) groups excluding carboxylic acids is 1. The van der Waals surface area contributed by atoms with Crippen molar-refractivity contribution in [3.8, 4) is 0 Å². The number of halogens is 1. The second kappa shape index (κ2) is 6.62. The van der Waals surface area contributed by atoms with Crippen molar-refractivity contribution in [1.29, 1.82) is 0 Å². The summed E-state index contributed by atoms with van der Waals surface area (Å²) in [5.74, 6) is -1.36. The van der Waals surface area contributed by atoms with Crippen LogP contribution in [0, 0.1) is 0 Å². The van der Waals surface area contributed by atoms with Crippen molar-refractivity contribution >= 4 is 39.1 Å². The fourth-order valence-electron chi connectivity index (χ4n) is 1.64. The summed E-state index contributed by atoms with van der Waals surface area (Å²) in [7, 11) is 0. The molecule has 2 N–H and O–H groups in total. The minimum Gasteiger partial charge on any atom is -0.481 e. The number of nitrogens with one attached hydrogen (secondary N) is 1. The second-order valence-corrected chi connectivity index (χ2v) is 5.86. The first kappa shape index (κ1) is 14.7. The van der Waals surface area contributed by atoms with Crippen molar-refractivity contribution in [3.63, 3.8) is 0 Å². The van der Waals surface area contributed by atoms with E-state index < -0.39 is 12.0 Å². The normalized spacial score (nSPS) is 11.8. The number of rotatable bonds is 5. The molecule has 20 heavy (non-hydrogen) atoms. The van der Waals surface area contributed by atoms with Gasteiger partial charge in [0, 0.05) is 20.9 Å². The van der Waals surface area contributed by atoms with Gasteiger partial charge in [-0.2, -0.15) is 0 Å². The zero-order valence-corrected chi connectivity index (χ0v) is 12.6. The van der Waals surface area contributed by atoms with Crippen molar-refractivity contribution in [2.24, 2.45) is 0 Å². The van der Waals surface area contributed by atoms with Crippen molar-refractivity contribution in [2.75, 3.05) is 0 Å². The number of amides is 1. The van der Waals surface area contributed by atoms with E-state index in [0.717, 1.165) is 9.35 Å². The van der Waals surface area contributed by atoms with E-state index in [1.54, 1.807) is 24.3 Å². The van der Waals surface area contributed by atoms with E-state index in [1.807, 2.05) is 5.38 Å². The summed E-state index contributed by atoms with van der Waals surface area (Å²) in [6.07, 6.45) is 1.34. The molecule has 5 nitrogen and oxygen atoms in total. The zero-order chi connectivity index (χ0) is 14.5. The third-order valence-corrected chi connectivity index (χ3v) is 4.32. The van der Waals surface area contributed by atoms with E-state index in [9.17, 15) is 9.59 Å². The quantitative estimate of drug-likeness (QED) is 0.865. The van der Waals surface area contributed by atoms with Gasteiger partial charge in [0.05, 0.1) is 12.5 Å². The molecule has 0 spiro atoms. The SMILES string of the molecule is O=C(O)CC(NC(=O)c1ccccn1)c1cc(Br)cs1. The Hall–Kier alpha value is -1.73. The van der Waals surface area contributed by atoms with Crippen molar-refractivity contribution in [1.82, 2.24) is 10.3 Å². The molecular formula is C13H11BrN2O3S. The van der Waals surface area contributed by atoms with Gasteiger partial charge in [-0.3, -0.25) is 14.6 Å². The fourth-order valence-corrected chi connectivity index (χ4v) is 3.13. The highest BCUT2D eigenvalue weighted by molar-refractivity contribution is 9.10. The first-order chi connectivity index (χ1) is 9.56. The molecular weight excluding hydrogens is 344 g/mol. The average molecular weight is 355 g/mol. The Morgan fingerprint density at radius 1 is 1.45 bits per heavy atom. The van der Waals surface area contributed by atoms with E-state index in [1.165, 1.54) is 17.5 Å². The predicted molar refractivity (Wildman–Crippen MR) is 78.7 cm³/mol. The van der Waals surface area contributed by atoms with Gasteiger partial charge in [0.25, 0.3) is 5.91 Å². The lowest BCUT2D eigenvalue weighted by atomic mass is 10.1. The number of aromatic nitrogens is 1. The number of hydrogen-bond acceptors (Lipinski definition) is 4. The Labute approximate surface area is 127 Å². The largest absolute Gasteiger partial charge is 0.481 e. The van der Waals surface area contributed by atoms with Crippen molar-refractivity contribution in [2.45, 2.75) is 12.5 Å². The van der Waals surface area contributed by atoms with Gasteiger partial charge < -0.3 is 10.4 Å². The minimum absolute atomic E-state index is 0.175. The molecule has 7 heteroatoms. The monoisotopic (exact) mass is 354 g/mol. The molecule has 0 aromatic carbocycles. The Balaban J connectivity index is 2.16. The molecule has 1 atom stereocenters. The number of thiophene rings is 1. The maximum absolute atomic E-state index is 12.0. The number of carboxylic acids is 1. The van der Waals surface area contributed by atoms with E-state index in [0.29, 0.717) is 0 Å². The van der Waals surface area contributed by atoms with Gasteiger partial charge in [-0.15, -0.1) is 11.3 Å². The first-order valence-electron chi connectivity index (χ1n) is 5.74. The fraction of sp³-hybridized carbons (Fsp3) is 0.154. The number of hydrogen-bond donors (Lipinski definition) is 2. The van der Waals surface area contributed by atoms with E-state index in [4.69, 9.17) is 5.11 Å². The van der Waals surface area contributed by atoms with E-state index >= 15 is 0 Å². The highest BCUT2D eigenvalue weighted by Gasteiger charge is 2.20. The third-order valence-electron chi connectivity index (χ3n) is 2.51. The van der Waals surface area contributed by atoms with E-state index in [2.05, 4.69) is 26.2 Å². The van der Waals surface area contributed by atoms with Crippen molar-refractivity contribution in [3.05, 3.63) is 50.9 Å². The van der Waals surface area contributed by atoms with Crippen LogP contribution in [-0.4, -0.2) is 22.0 Å². The molecule has 1 amide bonds. The number of carbonyl (C=O) groups is 2. The Morgan fingerprint density at radius 2 is 2.25 bits per heavy atom. The Bertz CT molecular complexity index is 615. The Kier molecular flexibility index (Phi) is 4.86. The van der Waals surface area contributed by atoms with Crippen LogP contribution in [0.5, 0.6) is 0 Å². The average Bonchev–Trinajstić information content (AvgIpc) is 2.85. The van der Waals surface area contributed by atoms with Crippen LogP contribution < -0.4 is 5.32 Å². The zero-order valence-electron chi connectivity index (χ0n) is 10.2. The molecule has 0 aliphatic rings. The summed E-state index contributed by atoms with van der Waals surface area (Å²) in [5.41, 5.74) is 0.263. The van der Waals surface area contributed by atoms with Crippen LogP contribution in [0.25, 0.3) is 0 Å². The third kappa shape index (κ3) is 3.88. The van der Waals surface area contributed by atoms with Gasteiger partial charge in [0.2, 0.25) is 0 Å². The summed E-state index contributed by atoms with van der Waals surface area (Å²) >= 11 is 4.71. The molecule has 0 aliphatic heterocycles. The van der Waals surface area contributed by atoms with Crippen LogP contribution >= 0.6 is 27.3 Å². The minimum atomic E-state index is -0.971. The number of pyridine rings is 1. The van der Waals surface area contributed by atoms with Gasteiger partial charge >= 0.3 is 5.97 Å². The standard InChI is InChI=1S/C13H11BrN2O3S/c14-8-5-11(20-7-8)10(6-12(17)18)16-13(19)9-3-1-2-4-15-9/h1-5,7,10H,6H2,(H,16,19)(H,17,18). The number of carboxylic acid groups (broad SMARTS) is 1. The van der Waals surface area contributed by atoms with Gasteiger partial charge in [-0.05, 0) is 34.1 Å². The van der Waals surface area contributed by atoms with Crippen LogP contribution in [0.4, 0.5) is 0 Å². The topological polar surface area (TPSA) is 79.3 Å². The van der Waals surface area contributed by atoms with Crippen LogP contribution in [0.2, 0.25) is 0 Å². The smallest absolute Gasteiger partial charge is 0.305 e. The molecule has 2 aromatic rings. The molecule has 0 saturated carbocycles. The lowest BCUT2D eigenvalue weighted by Crippen LogP contribution is -2.30. The second-order valence-electron chi connectivity index (χ2n) is 4.01. The van der Waals surface area contributed by atoms with Crippen LogP contribution in [0.3, 0.4) is 0 Å². The lowest BCUT2D eigenvalue weighted by Gasteiger charge is -2.15. The van der Waals surface area contributed by atoms with E-state index in [-0.39, 0.29) is 18.0 Å². The van der Waals surface area contributed by atoms with Crippen LogP contribution in [0.15, 0.2) is 40.3 Å². The molecule has 0 aliphatic carbocycles. The van der Waals surface area contributed by atoms with Gasteiger partial charge in [-0.25, -0.2) is 0 Å². The molecule has 104 valence electrons. The molecule has 2 aromatic heterocycles. The summed E-state index contributed by atoms with van der Waals surface area (Å²) < 4.78 is 0.861. The Morgan fingerprint density at radius 3 is 2.80 bits per heavy atom. The molecule has 2 rings (SSSR count). The molecule has 2 heterocycles.